The fraction of sp³-hybridized carbons (Fsp3) is 0.746. The Morgan fingerprint density at radius 3 is 0.688 bits per heavy atom. The van der Waals surface area contributed by atoms with Crippen LogP contribution >= 0.6 is 0 Å². The van der Waals surface area contributed by atoms with Crippen molar-refractivity contribution in [3.05, 3.63) is 174 Å². The second-order valence-corrected chi connectivity index (χ2v) is 47.2. The maximum Gasteiger partial charge on any atom is 0.0942 e. The fourth-order valence-corrected chi connectivity index (χ4v) is 25.1. The molecule has 0 amide bonds. The molecule has 10 N–H and O–H groups in total. The number of benzene rings is 5. The summed E-state index contributed by atoms with van der Waals surface area (Å²) in [6.07, 6.45) is 35.5. The highest BCUT2D eigenvalue weighted by Crippen LogP contribution is 2.60. The van der Waals surface area contributed by atoms with Gasteiger partial charge < -0.3 is 51.1 Å². The molecule has 10 heteroatoms. The SMILES string of the molecule is CCC(C)c1cc(C(O)(C(C)C)C(C)C)cc(C(O)(C(C)C)C(C)C)c1.CCC(C)c1cc(C(O)(CC(C)C)CC(C)C)cc(C(O)(CC(C)C)CC(C)C)c1.CCC(C)c1cc(C2(O)CC3CCC2C3)cc(C2(O)CC3CCC2C3)c1.CCC(C)c1cc(C2(O)CCCC2)cc(C2(O)CCCC2)c1.CCC(C)c1cc(C2(O)CCCCC2)cc(C2(O)CCCCC2)c1. The monoisotopic (exact) mass is 1770 g/mol. The summed E-state index contributed by atoms with van der Waals surface area (Å²) >= 11 is 0. The molecule has 11 atom stereocenters. The van der Waals surface area contributed by atoms with Crippen LogP contribution in [0, 0.1) is 71.0 Å². The zero-order chi connectivity index (χ0) is 94.8. The van der Waals surface area contributed by atoms with Gasteiger partial charge in [0.15, 0.2) is 0 Å². The Morgan fingerprint density at radius 1 is 0.266 bits per heavy atom. The van der Waals surface area contributed by atoms with E-state index in [0.717, 1.165) is 229 Å². The first-order chi connectivity index (χ1) is 59.9. The number of rotatable bonds is 32. The molecule has 0 radical (unpaired) electrons. The van der Waals surface area contributed by atoms with Crippen LogP contribution in [0.25, 0.3) is 0 Å². The standard InChI is InChI=1S/C28H50O2.C24H34O2.C24H42O2.C22H34O2.C20H30O2/c1-11-23(10)24-12-25(27(29,15-19(2)3)16-20(4)5)14-26(13-24)28(30,17-21(6)7)18-22(8)9;1-3-15(2)18-10-21(23(25)13-16-4-6-19(23)8-16)12-22(11-18)24(26)14-17-5-7-20(24)9-17;1-11-19(10)20-12-21(23(25,15(2)3)16(4)5)14-22(13-20)24(26,17(6)7)18(8)9;1-3-17(2)18-14-19(21(23)10-6-4-7-11-21)16-20(15-18)22(24)12-8-5-9-13-22;1-3-15(2)16-12-17(19(21)8-4-5-9-19)14-18(13-16)20(22)10-6-7-11-20/h12-14,19-23,29-30H,11,15-18H2,1-10H3;10-12,15-17,19-20,25-26H,3-9,13-14H2,1-2H3;12-19,25-26H,11H2,1-10H3;14-17,23-24H,3-13H2,1-2H3;12-15,21-22H,3-11H2,1-2H3. The van der Waals surface area contributed by atoms with Crippen LogP contribution < -0.4 is 0 Å². The molecule has 8 aliphatic carbocycles. The highest BCUT2D eigenvalue weighted by atomic mass is 16.3. The van der Waals surface area contributed by atoms with Gasteiger partial charge in [0.05, 0.1) is 56.0 Å². The van der Waals surface area contributed by atoms with Crippen molar-refractivity contribution < 1.29 is 51.1 Å². The van der Waals surface area contributed by atoms with Crippen LogP contribution in [0.5, 0.6) is 0 Å². The van der Waals surface area contributed by atoms with Crippen LogP contribution in [0.2, 0.25) is 0 Å². The van der Waals surface area contributed by atoms with Crippen LogP contribution in [-0.2, 0) is 56.0 Å². The lowest BCUT2D eigenvalue weighted by atomic mass is 9.70. The normalized spacial score (nSPS) is 24.3. The van der Waals surface area contributed by atoms with Gasteiger partial charge in [0.2, 0.25) is 0 Å². The highest BCUT2D eigenvalue weighted by Gasteiger charge is 2.55. The van der Waals surface area contributed by atoms with Crippen LogP contribution in [0.1, 0.15) is 518 Å². The molecule has 0 aliphatic heterocycles. The summed E-state index contributed by atoms with van der Waals surface area (Å²) in [5.74, 6) is 6.38. The molecule has 13 rings (SSSR count). The average molecular weight is 1770 g/mol. The molecule has 4 bridgehead atoms. The summed E-state index contributed by atoms with van der Waals surface area (Å²) in [5.41, 5.74) is 8.97. The lowest BCUT2D eigenvalue weighted by Crippen LogP contribution is -2.40. The molecule has 11 unspecified atom stereocenters. The molecule has 8 fully saturated rings. The van der Waals surface area contributed by atoms with Crippen molar-refractivity contribution in [2.75, 3.05) is 0 Å². The zero-order valence-electron chi connectivity index (χ0n) is 86.2. The topological polar surface area (TPSA) is 202 Å². The average Bonchev–Trinajstić information content (AvgIpc) is 1.59. The van der Waals surface area contributed by atoms with E-state index < -0.39 is 56.0 Å². The van der Waals surface area contributed by atoms with E-state index in [1.165, 1.54) is 79.2 Å². The fourth-order valence-electron chi connectivity index (χ4n) is 25.1. The summed E-state index contributed by atoms with van der Waals surface area (Å²) in [6.45, 7) is 56.3. The van der Waals surface area contributed by atoms with Crippen molar-refractivity contribution >= 4 is 0 Å². The van der Waals surface area contributed by atoms with Gasteiger partial charge in [0.25, 0.3) is 0 Å². The van der Waals surface area contributed by atoms with E-state index in [-0.39, 0.29) is 23.7 Å². The predicted octanol–water partition coefficient (Wildman–Crippen LogP) is 29.4. The summed E-state index contributed by atoms with van der Waals surface area (Å²) in [7, 11) is 0. The second kappa shape index (κ2) is 44.7. The zero-order valence-corrected chi connectivity index (χ0v) is 86.2. The summed E-state index contributed by atoms with van der Waals surface area (Å²) < 4.78 is 0. The molecule has 5 aromatic rings. The van der Waals surface area contributed by atoms with E-state index >= 15 is 0 Å². The Kier molecular flexibility index (Phi) is 37.5. The van der Waals surface area contributed by atoms with E-state index in [2.05, 4.69) is 271 Å². The Morgan fingerprint density at radius 2 is 0.477 bits per heavy atom. The lowest BCUT2D eigenvalue weighted by Gasteiger charge is -2.41. The van der Waals surface area contributed by atoms with Gasteiger partial charge in [0, 0.05) is 0 Å². The van der Waals surface area contributed by atoms with Crippen LogP contribution in [0.3, 0.4) is 0 Å². The van der Waals surface area contributed by atoms with E-state index in [9.17, 15) is 51.1 Å². The third-order valence-corrected chi connectivity index (χ3v) is 34.2. The number of hydrogen-bond acceptors (Lipinski definition) is 10. The Hall–Kier alpha value is -4.30. The van der Waals surface area contributed by atoms with E-state index in [1.807, 2.05) is 0 Å². The van der Waals surface area contributed by atoms with E-state index in [4.69, 9.17) is 0 Å². The third kappa shape index (κ3) is 24.7. The molecule has 8 saturated carbocycles. The Balaban J connectivity index is 0.000000181. The van der Waals surface area contributed by atoms with Gasteiger partial charge in [-0.1, -0.05) is 329 Å². The minimum absolute atomic E-state index is 0.0914. The van der Waals surface area contributed by atoms with Crippen molar-refractivity contribution in [1.29, 1.82) is 0 Å². The molecule has 0 heterocycles. The molecule has 10 nitrogen and oxygen atoms in total. The summed E-state index contributed by atoms with van der Waals surface area (Å²) in [5, 5.41) is 115. The quantitative estimate of drug-likeness (QED) is 0.0197. The first-order valence-electron chi connectivity index (χ1n) is 52.9. The molecule has 0 saturated heterocycles. The molecular formula is C118H190O10. The smallest absolute Gasteiger partial charge is 0.0942 e. The molecule has 8 aliphatic rings. The molecule has 722 valence electrons. The van der Waals surface area contributed by atoms with E-state index in [1.54, 1.807) is 0 Å². The molecule has 0 spiro atoms. The third-order valence-electron chi connectivity index (χ3n) is 34.2. The molecule has 5 aromatic carbocycles. The minimum atomic E-state index is -0.910. The summed E-state index contributed by atoms with van der Waals surface area (Å²) in [4.78, 5) is 0. The van der Waals surface area contributed by atoms with Gasteiger partial charge in [-0.25, -0.2) is 0 Å². The maximum absolute atomic E-state index is 11.9. The van der Waals surface area contributed by atoms with Crippen molar-refractivity contribution in [2.24, 2.45) is 71.0 Å². The van der Waals surface area contributed by atoms with Crippen molar-refractivity contribution in [2.45, 2.75) is 490 Å². The largest absolute Gasteiger partial charge is 0.385 e. The van der Waals surface area contributed by atoms with Gasteiger partial charge in [-0.15, -0.1) is 0 Å². The number of hydrogen-bond donors (Lipinski definition) is 10. The maximum atomic E-state index is 11.9. The minimum Gasteiger partial charge on any atom is -0.385 e. The summed E-state index contributed by atoms with van der Waals surface area (Å²) in [6, 6.07) is 32.8. The number of aliphatic hydroxyl groups is 10. The molecule has 0 aromatic heterocycles. The van der Waals surface area contributed by atoms with Gasteiger partial charge in [-0.3, -0.25) is 0 Å². The lowest BCUT2D eigenvalue weighted by molar-refractivity contribution is -0.0594. The highest BCUT2D eigenvalue weighted by molar-refractivity contribution is 5.45. The van der Waals surface area contributed by atoms with Gasteiger partial charge in [-0.2, -0.15) is 0 Å². The Bertz CT molecular complexity index is 4000. The van der Waals surface area contributed by atoms with E-state index in [0.29, 0.717) is 76.9 Å². The van der Waals surface area contributed by atoms with Crippen LogP contribution in [0.4, 0.5) is 0 Å². The van der Waals surface area contributed by atoms with Crippen LogP contribution in [0.15, 0.2) is 91.0 Å². The number of fused-ring (bicyclic) bond motifs is 4. The second-order valence-electron chi connectivity index (χ2n) is 47.2. The van der Waals surface area contributed by atoms with Crippen LogP contribution in [-0.4, -0.2) is 51.1 Å². The Labute approximate surface area is 782 Å². The van der Waals surface area contributed by atoms with Gasteiger partial charge in [0.1, 0.15) is 0 Å². The van der Waals surface area contributed by atoms with Gasteiger partial charge in [-0.05, 0) is 351 Å². The van der Waals surface area contributed by atoms with Crippen molar-refractivity contribution in [3.8, 4) is 0 Å². The van der Waals surface area contributed by atoms with Crippen molar-refractivity contribution in [1.82, 2.24) is 0 Å². The van der Waals surface area contributed by atoms with Gasteiger partial charge >= 0.3 is 0 Å². The predicted molar refractivity (Wildman–Crippen MR) is 536 cm³/mol. The first-order valence-corrected chi connectivity index (χ1v) is 52.9. The molecule has 128 heavy (non-hydrogen) atoms. The first kappa shape index (κ1) is 107. The van der Waals surface area contributed by atoms with Crippen molar-refractivity contribution in [3.63, 3.8) is 0 Å². The molecular weight excluding hydrogens is 1580 g/mol.